The Labute approximate surface area is 207 Å². The van der Waals surface area contributed by atoms with Crippen molar-refractivity contribution in [1.29, 1.82) is 0 Å². The Hall–Kier alpha value is -2.58. The van der Waals surface area contributed by atoms with E-state index in [2.05, 4.69) is 76.0 Å². The summed E-state index contributed by atoms with van der Waals surface area (Å²) < 4.78 is 8.11. The number of aryl methyl sites for hydroxylation is 2. The van der Waals surface area contributed by atoms with Crippen LogP contribution in [0.2, 0.25) is 0 Å². The van der Waals surface area contributed by atoms with Gasteiger partial charge in [0.05, 0.1) is 23.7 Å². The third kappa shape index (κ3) is 4.91. The Bertz CT molecular complexity index is 1220. The van der Waals surface area contributed by atoms with Crippen LogP contribution in [-0.2, 0) is 11.3 Å². The summed E-state index contributed by atoms with van der Waals surface area (Å²) in [7, 11) is 0. The summed E-state index contributed by atoms with van der Waals surface area (Å²) >= 11 is 0. The van der Waals surface area contributed by atoms with Crippen LogP contribution in [0.5, 0.6) is 0 Å². The van der Waals surface area contributed by atoms with Crippen molar-refractivity contribution in [2.45, 2.75) is 91.0 Å². The first-order valence-corrected chi connectivity index (χ1v) is 13.2. The Morgan fingerprint density at radius 3 is 2.69 bits per heavy atom. The molecule has 8 heteroatoms. The Morgan fingerprint density at radius 2 is 1.97 bits per heavy atom. The molecule has 0 amide bonds. The second-order valence-corrected chi connectivity index (χ2v) is 10.8. The largest absolute Gasteiger partial charge is 0.377 e. The number of aromatic amines is 1. The van der Waals surface area contributed by atoms with Crippen LogP contribution in [0.3, 0.4) is 0 Å². The first-order chi connectivity index (χ1) is 16.9. The molecule has 2 atom stereocenters. The lowest BCUT2D eigenvalue weighted by molar-refractivity contribution is 0.0379. The van der Waals surface area contributed by atoms with E-state index in [0.29, 0.717) is 12.6 Å². The molecular weight excluding hydrogens is 440 g/mol. The number of hydrogen-bond donors (Lipinski definition) is 1. The first kappa shape index (κ1) is 24.1. The summed E-state index contributed by atoms with van der Waals surface area (Å²) in [5.74, 6) is 1.18. The highest BCUT2D eigenvalue weighted by atomic mass is 16.5. The minimum Gasteiger partial charge on any atom is -0.377 e. The fourth-order valence-corrected chi connectivity index (χ4v) is 5.92. The molecule has 2 unspecified atom stereocenters. The number of tetrazole rings is 1. The highest BCUT2D eigenvalue weighted by molar-refractivity contribution is 5.83. The summed E-state index contributed by atoms with van der Waals surface area (Å²) in [6, 6.07) is 6.63. The molecule has 1 saturated heterocycles. The zero-order chi connectivity index (χ0) is 24.5. The Balaban J connectivity index is 1.53. The molecule has 1 aliphatic heterocycles. The van der Waals surface area contributed by atoms with Gasteiger partial charge < -0.3 is 9.72 Å². The van der Waals surface area contributed by atoms with Gasteiger partial charge in [-0.25, -0.2) is 4.68 Å². The van der Waals surface area contributed by atoms with Gasteiger partial charge in [-0.15, -0.1) is 5.10 Å². The van der Waals surface area contributed by atoms with Crippen LogP contribution in [0.15, 0.2) is 23.0 Å². The molecule has 2 aliphatic rings. The number of H-pyrrole nitrogens is 1. The smallest absolute Gasteiger partial charge is 0.252 e. The standard InChI is InChI=1S/C27H38N6O2/c1-17(2)25(26-29-30-31-33(26)22-8-5-6-9-22)32(16-23-10-7-13-35-23)15-21-14-20-12-11-18(3)19(4)24(20)28-27(21)34/h11-12,14,17,22-23,25H,5-10,13,15-16H2,1-4H3,(H,28,34). The zero-order valence-corrected chi connectivity index (χ0v) is 21.5. The van der Waals surface area contributed by atoms with E-state index in [1.54, 1.807) is 0 Å². The molecule has 1 aliphatic carbocycles. The molecule has 188 valence electrons. The van der Waals surface area contributed by atoms with Gasteiger partial charge in [-0.05, 0) is 78.5 Å². The molecule has 3 heterocycles. The molecular formula is C27H38N6O2. The molecule has 3 aromatic rings. The third-order valence-corrected chi connectivity index (χ3v) is 7.94. The third-order valence-electron chi connectivity index (χ3n) is 7.94. The lowest BCUT2D eigenvalue weighted by Crippen LogP contribution is -2.40. The number of fused-ring (bicyclic) bond motifs is 1. The Kier molecular flexibility index (Phi) is 7.02. The van der Waals surface area contributed by atoms with Crippen molar-refractivity contribution < 1.29 is 4.74 Å². The first-order valence-electron chi connectivity index (χ1n) is 13.2. The number of nitrogens with zero attached hydrogens (tertiary/aromatic N) is 5. The van der Waals surface area contributed by atoms with Crippen molar-refractivity contribution in [3.8, 4) is 0 Å². The SMILES string of the molecule is Cc1ccc2cc(CN(CC3CCCO3)C(c3nnnn3C3CCCC3)C(C)C)c(=O)[nH]c2c1C. The molecule has 0 spiro atoms. The van der Waals surface area contributed by atoms with Crippen LogP contribution in [0.4, 0.5) is 0 Å². The molecule has 0 radical (unpaired) electrons. The van der Waals surface area contributed by atoms with Crippen molar-refractivity contribution in [1.82, 2.24) is 30.1 Å². The van der Waals surface area contributed by atoms with Crippen molar-refractivity contribution in [3.63, 3.8) is 0 Å². The van der Waals surface area contributed by atoms with E-state index in [-0.39, 0.29) is 23.6 Å². The van der Waals surface area contributed by atoms with Crippen LogP contribution >= 0.6 is 0 Å². The number of hydrogen-bond acceptors (Lipinski definition) is 6. The lowest BCUT2D eigenvalue weighted by atomic mass is 9.98. The van der Waals surface area contributed by atoms with Gasteiger partial charge in [-0.1, -0.05) is 38.8 Å². The van der Waals surface area contributed by atoms with E-state index in [0.717, 1.165) is 66.7 Å². The Morgan fingerprint density at radius 1 is 1.17 bits per heavy atom. The second kappa shape index (κ2) is 10.2. The average Bonchev–Trinajstić information content (AvgIpc) is 3.60. The molecule has 2 aromatic heterocycles. The maximum atomic E-state index is 13.3. The summed E-state index contributed by atoms with van der Waals surface area (Å²) in [4.78, 5) is 18.8. The van der Waals surface area contributed by atoms with Gasteiger partial charge in [-0.3, -0.25) is 9.69 Å². The predicted molar refractivity (Wildman–Crippen MR) is 136 cm³/mol. The highest BCUT2D eigenvalue weighted by Gasteiger charge is 2.34. The van der Waals surface area contributed by atoms with Gasteiger partial charge in [0.15, 0.2) is 5.82 Å². The minimum atomic E-state index is -0.0265. The van der Waals surface area contributed by atoms with Gasteiger partial charge in [0, 0.05) is 25.3 Å². The molecule has 8 nitrogen and oxygen atoms in total. The maximum Gasteiger partial charge on any atom is 0.252 e. The number of nitrogens with one attached hydrogen (secondary N) is 1. The predicted octanol–water partition coefficient (Wildman–Crippen LogP) is 4.62. The van der Waals surface area contributed by atoms with E-state index in [1.807, 2.05) is 0 Å². The summed E-state index contributed by atoms with van der Waals surface area (Å²) in [6.07, 6.45) is 6.98. The van der Waals surface area contributed by atoms with E-state index >= 15 is 0 Å². The van der Waals surface area contributed by atoms with E-state index < -0.39 is 0 Å². The van der Waals surface area contributed by atoms with Crippen LogP contribution < -0.4 is 5.56 Å². The van der Waals surface area contributed by atoms with Crippen molar-refractivity contribution in [3.05, 3.63) is 51.1 Å². The monoisotopic (exact) mass is 478 g/mol. The maximum absolute atomic E-state index is 13.3. The fourth-order valence-electron chi connectivity index (χ4n) is 5.92. The van der Waals surface area contributed by atoms with Gasteiger partial charge in [0.1, 0.15) is 0 Å². The molecule has 1 saturated carbocycles. The number of rotatable bonds is 8. The number of pyridine rings is 1. The van der Waals surface area contributed by atoms with E-state index in [9.17, 15) is 4.79 Å². The number of benzene rings is 1. The molecule has 2 fully saturated rings. The number of aromatic nitrogens is 5. The molecule has 0 bridgehead atoms. The van der Waals surface area contributed by atoms with Crippen molar-refractivity contribution >= 4 is 10.9 Å². The topological polar surface area (TPSA) is 88.9 Å². The van der Waals surface area contributed by atoms with Crippen LogP contribution in [0, 0.1) is 19.8 Å². The molecule has 1 aromatic carbocycles. The molecule has 1 N–H and O–H groups in total. The van der Waals surface area contributed by atoms with Gasteiger partial charge in [0.2, 0.25) is 0 Å². The van der Waals surface area contributed by atoms with Crippen LogP contribution in [-0.4, -0.2) is 49.3 Å². The second-order valence-electron chi connectivity index (χ2n) is 10.8. The quantitative estimate of drug-likeness (QED) is 0.508. The van der Waals surface area contributed by atoms with Crippen LogP contribution in [0.1, 0.15) is 87.0 Å². The van der Waals surface area contributed by atoms with Gasteiger partial charge >= 0.3 is 0 Å². The summed E-state index contributed by atoms with van der Waals surface area (Å²) in [5, 5.41) is 14.1. The average molecular weight is 479 g/mol. The summed E-state index contributed by atoms with van der Waals surface area (Å²) in [5.41, 5.74) is 3.97. The highest BCUT2D eigenvalue weighted by Crippen LogP contribution is 2.35. The van der Waals surface area contributed by atoms with Crippen molar-refractivity contribution in [2.75, 3.05) is 13.2 Å². The summed E-state index contributed by atoms with van der Waals surface area (Å²) in [6.45, 7) is 10.7. The lowest BCUT2D eigenvalue weighted by Gasteiger charge is -2.35. The van der Waals surface area contributed by atoms with E-state index in [1.165, 1.54) is 18.4 Å². The van der Waals surface area contributed by atoms with Gasteiger partial charge in [0.25, 0.3) is 5.56 Å². The molecule has 35 heavy (non-hydrogen) atoms. The normalized spacial score (nSPS) is 20.0. The minimum absolute atomic E-state index is 0.00958. The van der Waals surface area contributed by atoms with Gasteiger partial charge in [-0.2, -0.15) is 0 Å². The van der Waals surface area contributed by atoms with Crippen molar-refractivity contribution in [2.24, 2.45) is 5.92 Å². The fraction of sp³-hybridized carbons (Fsp3) is 0.630. The molecule has 5 rings (SSSR count). The zero-order valence-electron chi connectivity index (χ0n) is 21.5. The van der Waals surface area contributed by atoms with Crippen LogP contribution in [0.25, 0.3) is 10.9 Å². The number of ether oxygens (including phenoxy) is 1. The van der Waals surface area contributed by atoms with E-state index in [4.69, 9.17) is 4.74 Å².